The summed E-state index contributed by atoms with van der Waals surface area (Å²) in [4.78, 5) is 0.912. The minimum absolute atomic E-state index is 0.00207. The molecule has 4 heteroatoms. The Balaban J connectivity index is 2.00. The van der Waals surface area contributed by atoms with Gasteiger partial charge >= 0.3 is 0 Å². The minimum atomic E-state index is -3.31. The van der Waals surface area contributed by atoms with Gasteiger partial charge in [0.2, 0.25) is 9.84 Å². The van der Waals surface area contributed by atoms with Crippen LogP contribution in [0.1, 0.15) is 19.3 Å². The van der Waals surface area contributed by atoms with Crippen molar-refractivity contribution in [2.24, 2.45) is 0 Å². The Kier molecular flexibility index (Phi) is 2.56. The van der Waals surface area contributed by atoms with Crippen molar-refractivity contribution in [2.75, 3.05) is 0 Å². The van der Waals surface area contributed by atoms with Gasteiger partial charge in [-0.05, 0) is 31.1 Å². The Morgan fingerprint density at radius 1 is 1.12 bits per heavy atom. The van der Waals surface area contributed by atoms with Gasteiger partial charge in [-0.15, -0.1) is 0 Å². The molecule has 2 aliphatic rings. The molecule has 3 rings (SSSR count). The van der Waals surface area contributed by atoms with E-state index in [2.05, 4.69) is 0 Å². The molecule has 2 bridgehead atoms. The van der Waals surface area contributed by atoms with Gasteiger partial charge in [0.25, 0.3) is 0 Å². The zero-order valence-electron chi connectivity index (χ0n) is 9.37. The molecule has 1 aromatic carbocycles. The first-order valence-corrected chi connectivity index (χ1v) is 7.31. The van der Waals surface area contributed by atoms with Crippen LogP contribution in [-0.2, 0) is 14.6 Å². The average molecular weight is 250 g/mol. The second kappa shape index (κ2) is 3.96. The SMILES string of the molecule is O=S(=O)(C1=C[C@@H]2CC[C@H](C1)O2)c1ccccc1. The molecule has 0 spiro atoms. The van der Waals surface area contributed by atoms with E-state index < -0.39 is 9.84 Å². The highest BCUT2D eigenvalue weighted by Crippen LogP contribution is 2.35. The molecule has 90 valence electrons. The number of sulfone groups is 1. The first-order chi connectivity index (χ1) is 8.16. The summed E-state index contributed by atoms with van der Waals surface area (Å²) in [5.41, 5.74) is 0. The highest BCUT2D eigenvalue weighted by atomic mass is 32.2. The third-order valence-corrected chi connectivity index (χ3v) is 5.23. The lowest BCUT2D eigenvalue weighted by Gasteiger charge is -2.20. The van der Waals surface area contributed by atoms with E-state index in [1.807, 2.05) is 6.07 Å². The summed E-state index contributed by atoms with van der Waals surface area (Å²) in [6, 6.07) is 8.62. The lowest BCUT2D eigenvalue weighted by atomic mass is 10.2. The molecule has 2 aliphatic heterocycles. The van der Waals surface area contributed by atoms with E-state index in [1.165, 1.54) is 0 Å². The first kappa shape index (κ1) is 11.0. The number of hydrogen-bond acceptors (Lipinski definition) is 3. The molecular weight excluding hydrogens is 236 g/mol. The number of rotatable bonds is 2. The van der Waals surface area contributed by atoms with Crippen molar-refractivity contribution in [3.8, 4) is 0 Å². The summed E-state index contributed by atoms with van der Waals surface area (Å²) in [5, 5.41) is 0. The minimum Gasteiger partial charge on any atom is -0.371 e. The number of benzene rings is 1. The molecule has 0 aromatic heterocycles. The Morgan fingerprint density at radius 3 is 2.59 bits per heavy atom. The van der Waals surface area contributed by atoms with E-state index in [0.29, 0.717) is 16.2 Å². The van der Waals surface area contributed by atoms with Crippen molar-refractivity contribution in [3.05, 3.63) is 41.3 Å². The third-order valence-electron chi connectivity index (χ3n) is 3.34. The van der Waals surface area contributed by atoms with Crippen molar-refractivity contribution in [1.29, 1.82) is 0 Å². The second-order valence-corrected chi connectivity index (χ2v) is 6.53. The molecule has 1 aromatic rings. The van der Waals surface area contributed by atoms with E-state index in [9.17, 15) is 8.42 Å². The van der Waals surface area contributed by atoms with Crippen LogP contribution in [0.3, 0.4) is 0 Å². The third kappa shape index (κ3) is 1.91. The molecule has 0 saturated carbocycles. The Bertz CT molecular complexity index is 545. The predicted octanol–water partition coefficient (Wildman–Crippen LogP) is 2.30. The van der Waals surface area contributed by atoms with Crippen molar-refractivity contribution in [3.63, 3.8) is 0 Å². The van der Waals surface area contributed by atoms with Gasteiger partial charge in [-0.2, -0.15) is 0 Å². The molecule has 0 radical (unpaired) electrons. The molecule has 3 nitrogen and oxygen atoms in total. The Hall–Kier alpha value is -1.13. The smallest absolute Gasteiger partial charge is 0.202 e. The van der Waals surface area contributed by atoms with Gasteiger partial charge in [-0.25, -0.2) is 8.42 Å². The van der Waals surface area contributed by atoms with E-state index in [0.717, 1.165) is 12.8 Å². The first-order valence-electron chi connectivity index (χ1n) is 5.82. The Morgan fingerprint density at radius 2 is 1.88 bits per heavy atom. The monoisotopic (exact) mass is 250 g/mol. The van der Waals surface area contributed by atoms with Gasteiger partial charge in [0.05, 0.1) is 22.0 Å². The fraction of sp³-hybridized carbons (Fsp3) is 0.385. The van der Waals surface area contributed by atoms with Gasteiger partial charge in [-0.3, -0.25) is 0 Å². The van der Waals surface area contributed by atoms with Gasteiger partial charge in [0, 0.05) is 6.42 Å². The quantitative estimate of drug-likeness (QED) is 0.809. The molecule has 0 aliphatic carbocycles. The van der Waals surface area contributed by atoms with Crippen molar-refractivity contribution < 1.29 is 13.2 Å². The topological polar surface area (TPSA) is 43.4 Å². The summed E-state index contributed by atoms with van der Waals surface area (Å²) in [6.07, 6.45) is 4.31. The maximum atomic E-state index is 12.4. The molecule has 0 unspecified atom stereocenters. The highest BCUT2D eigenvalue weighted by molar-refractivity contribution is 7.95. The van der Waals surface area contributed by atoms with Crippen LogP contribution in [0.15, 0.2) is 46.2 Å². The molecule has 2 atom stereocenters. The van der Waals surface area contributed by atoms with Crippen LogP contribution in [0.2, 0.25) is 0 Å². The van der Waals surface area contributed by atoms with Gasteiger partial charge in [0.1, 0.15) is 0 Å². The van der Waals surface area contributed by atoms with Crippen LogP contribution >= 0.6 is 0 Å². The summed E-state index contributed by atoms with van der Waals surface area (Å²) < 4.78 is 30.4. The van der Waals surface area contributed by atoms with Crippen LogP contribution in [0.4, 0.5) is 0 Å². The molecule has 1 saturated heterocycles. The van der Waals surface area contributed by atoms with Gasteiger partial charge in [0.15, 0.2) is 0 Å². The number of hydrogen-bond donors (Lipinski definition) is 0. The van der Waals surface area contributed by atoms with Crippen LogP contribution in [0, 0.1) is 0 Å². The lowest BCUT2D eigenvalue weighted by molar-refractivity contribution is 0.0628. The summed E-state index contributed by atoms with van der Waals surface area (Å²) in [6.45, 7) is 0. The van der Waals surface area contributed by atoms with Crippen molar-refractivity contribution >= 4 is 9.84 Å². The van der Waals surface area contributed by atoms with Crippen LogP contribution in [-0.4, -0.2) is 20.6 Å². The van der Waals surface area contributed by atoms with Crippen LogP contribution in [0.5, 0.6) is 0 Å². The lowest BCUT2D eigenvalue weighted by Crippen LogP contribution is -2.20. The average Bonchev–Trinajstić information content (AvgIpc) is 2.69. The molecular formula is C13H14O3S. The standard InChI is InChI=1S/C13H14O3S/c14-17(15,12-4-2-1-3-5-12)13-8-10-6-7-11(9-13)16-10/h1-5,8,10-11H,6-7,9H2/t10-,11+/m0/s1. The summed E-state index contributed by atoms with van der Waals surface area (Å²) in [5.74, 6) is 0. The molecule has 17 heavy (non-hydrogen) atoms. The Labute approximate surface area is 101 Å². The largest absolute Gasteiger partial charge is 0.371 e. The normalized spacial score (nSPS) is 27.9. The van der Waals surface area contributed by atoms with Gasteiger partial charge in [-0.1, -0.05) is 18.2 Å². The van der Waals surface area contributed by atoms with Crippen molar-refractivity contribution in [2.45, 2.75) is 36.4 Å². The van der Waals surface area contributed by atoms with E-state index in [4.69, 9.17) is 4.74 Å². The van der Waals surface area contributed by atoms with Gasteiger partial charge < -0.3 is 4.74 Å². The fourth-order valence-electron chi connectivity index (χ4n) is 2.46. The predicted molar refractivity (Wildman–Crippen MR) is 64.2 cm³/mol. The molecule has 0 N–H and O–H groups in total. The molecule has 1 fully saturated rings. The zero-order valence-corrected chi connectivity index (χ0v) is 10.2. The zero-order chi connectivity index (χ0) is 11.9. The van der Waals surface area contributed by atoms with Crippen molar-refractivity contribution in [1.82, 2.24) is 0 Å². The van der Waals surface area contributed by atoms with Crippen LogP contribution < -0.4 is 0 Å². The number of ether oxygens (including phenoxy) is 1. The second-order valence-electron chi connectivity index (χ2n) is 4.53. The summed E-state index contributed by atoms with van der Waals surface area (Å²) in [7, 11) is -3.31. The maximum Gasteiger partial charge on any atom is 0.202 e. The molecule has 2 heterocycles. The van der Waals surface area contributed by atoms with E-state index in [-0.39, 0.29) is 12.2 Å². The highest BCUT2D eigenvalue weighted by Gasteiger charge is 2.34. The fourth-order valence-corrected chi connectivity index (χ4v) is 4.01. The van der Waals surface area contributed by atoms with E-state index in [1.54, 1.807) is 30.3 Å². The van der Waals surface area contributed by atoms with E-state index >= 15 is 0 Å². The van der Waals surface area contributed by atoms with Crippen LogP contribution in [0.25, 0.3) is 0 Å². The number of fused-ring (bicyclic) bond motifs is 2. The summed E-state index contributed by atoms with van der Waals surface area (Å²) >= 11 is 0. The maximum absolute atomic E-state index is 12.4. The molecule has 0 amide bonds.